The first-order valence-electron chi connectivity index (χ1n) is 9.10. The van der Waals surface area contributed by atoms with Crippen LogP contribution in [-0.2, 0) is 21.2 Å². The predicted octanol–water partition coefficient (Wildman–Crippen LogP) is 4.03. The van der Waals surface area contributed by atoms with Gasteiger partial charge in [-0.25, -0.2) is 8.42 Å². The molecule has 0 aliphatic heterocycles. The van der Waals surface area contributed by atoms with Crippen molar-refractivity contribution in [2.45, 2.75) is 18.7 Å². The van der Waals surface area contributed by atoms with Gasteiger partial charge in [0.05, 0.1) is 5.02 Å². The van der Waals surface area contributed by atoms with Crippen LogP contribution >= 0.6 is 23.1 Å². The minimum absolute atomic E-state index is 0.0329. The average Bonchev–Trinajstić information content (AvgIpc) is 3.20. The number of benzene rings is 2. The Morgan fingerprint density at radius 1 is 1.31 bits per heavy atom. The molecule has 32 heavy (non-hydrogen) atoms. The van der Waals surface area contributed by atoms with E-state index in [4.69, 9.17) is 16.3 Å². The molecule has 0 bridgehead atoms. The second-order valence-electron chi connectivity index (χ2n) is 6.75. The number of nitrogens with zero attached hydrogens (tertiary/aromatic N) is 3. The molecule has 0 spiro atoms. The van der Waals surface area contributed by atoms with Crippen LogP contribution in [0.4, 0.5) is 5.13 Å². The molecule has 0 aliphatic carbocycles. The number of aromatic nitrogens is 2. The topological polar surface area (TPSA) is 122 Å². The largest absolute Gasteiger partial charge is 0.487 e. The number of nitrogens with one attached hydrogen (secondary N) is 1. The lowest BCUT2D eigenvalue weighted by molar-refractivity contribution is -0.112. The van der Waals surface area contributed by atoms with Crippen LogP contribution in [0, 0.1) is 18.3 Å². The van der Waals surface area contributed by atoms with Gasteiger partial charge < -0.3 is 4.74 Å². The maximum absolute atomic E-state index is 12.4. The van der Waals surface area contributed by atoms with E-state index in [1.54, 1.807) is 24.3 Å². The molecule has 0 atom stereocenters. The van der Waals surface area contributed by atoms with Gasteiger partial charge in [0.15, 0.2) is 0 Å². The van der Waals surface area contributed by atoms with Gasteiger partial charge in [0.25, 0.3) is 11.1 Å². The van der Waals surface area contributed by atoms with Gasteiger partial charge in [-0.05, 0) is 36.3 Å². The van der Waals surface area contributed by atoms with Crippen molar-refractivity contribution in [2.24, 2.45) is 0 Å². The molecule has 0 unspecified atom stereocenters. The summed E-state index contributed by atoms with van der Waals surface area (Å²) >= 11 is 7.00. The maximum atomic E-state index is 12.4. The quantitative estimate of drug-likeness (QED) is 0.393. The van der Waals surface area contributed by atoms with E-state index >= 15 is 0 Å². The third kappa shape index (κ3) is 6.13. The van der Waals surface area contributed by atoms with Gasteiger partial charge in [0, 0.05) is 17.8 Å². The number of halogens is 1. The van der Waals surface area contributed by atoms with Crippen molar-refractivity contribution in [3.05, 3.63) is 69.8 Å². The Hall–Kier alpha value is -3.26. The predicted molar refractivity (Wildman–Crippen MR) is 122 cm³/mol. The van der Waals surface area contributed by atoms with Crippen LogP contribution < -0.4 is 10.1 Å². The number of rotatable bonds is 7. The van der Waals surface area contributed by atoms with E-state index < -0.39 is 20.9 Å². The molecule has 0 saturated carbocycles. The summed E-state index contributed by atoms with van der Waals surface area (Å²) in [5, 5.41) is 11.6. The van der Waals surface area contributed by atoms with Gasteiger partial charge in [-0.1, -0.05) is 47.5 Å². The van der Waals surface area contributed by atoms with Gasteiger partial charge in [0.1, 0.15) is 24.0 Å². The maximum Gasteiger partial charge on any atom is 0.268 e. The first-order valence-corrected chi connectivity index (χ1v) is 12.1. The number of hydrogen-bond acceptors (Lipinski definition) is 8. The molecule has 1 N–H and O–H groups in total. The van der Waals surface area contributed by atoms with Crippen LogP contribution in [0.25, 0.3) is 6.08 Å². The fourth-order valence-electron chi connectivity index (χ4n) is 2.58. The number of amides is 1. The fraction of sp³-hybridized carbons (Fsp3) is 0.143. The van der Waals surface area contributed by atoms with E-state index in [0.717, 1.165) is 17.4 Å². The Labute approximate surface area is 194 Å². The molecule has 2 aromatic carbocycles. The van der Waals surface area contributed by atoms with Gasteiger partial charge >= 0.3 is 0 Å². The second kappa shape index (κ2) is 9.91. The Morgan fingerprint density at radius 3 is 2.72 bits per heavy atom. The van der Waals surface area contributed by atoms with E-state index in [2.05, 4.69) is 14.7 Å². The molecule has 0 saturated heterocycles. The number of aryl methyl sites for hydroxylation is 1. The van der Waals surface area contributed by atoms with E-state index in [1.807, 2.05) is 31.2 Å². The highest BCUT2D eigenvalue weighted by Crippen LogP contribution is 2.27. The van der Waals surface area contributed by atoms with Gasteiger partial charge in [-0.15, -0.1) is 0 Å². The Morgan fingerprint density at radius 2 is 2.09 bits per heavy atom. The molecule has 1 heterocycles. The Kier molecular flexibility index (Phi) is 7.25. The van der Waals surface area contributed by atoms with Crippen molar-refractivity contribution in [2.75, 3.05) is 11.6 Å². The van der Waals surface area contributed by atoms with E-state index in [9.17, 15) is 18.5 Å². The third-order valence-electron chi connectivity index (χ3n) is 4.07. The molecule has 8 nitrogen and oxygen atoms in total. The van der Waals surface area contributed by atoms with Gasteiger partial charge in [-0.3, -0.25) is 10.1 Å². The number of hydrogen-bond donors (Lipinski definition) is 1. The minimum Gasteiger partial charge on any atom is -0.487 e. The monoisotopic (exact) mass is 488 g/mol. The molecular formula is C21H17ClN4O4S2. The van der Waals surface area contributed by atoms with Gasteiger partial charge in [-0.2, -0.15) is 14.6 Å². The number of carbonyl (C=O) groups excluding carboxylic acids is 1. The lowest BCUT2D eigenvalue weighted by Gasteiger charge is -2.09. The van der Waals surface area contributed by atoms with Crippen molar-refractivity contribution < 1.29 is 17.9 Å². The van der Waals surface area contributed by atoms with Crippen molar-refractivity contribution in [3.8, 4) is 11.8 Å². The molecule has 1 amide bonds. The van der Waals surface area contributed by atoms with E-state index in [0.29, 0.717) is 34.5 Å². The molecule has 1 aromatic heterocycles. The number of sulfone groups is 1. The van der Waals surface area contributed by atoms with Gasteiger partial charge in [0.2, 0.25) is 15.0 Å². The standard InChI is InChI=1S/C21H17ClN4O4S2/c1-13-4-3-5-15(8-13)12-30-18-7-6-14(10-17(18)22)9-16(11-23)19(27)24-20-25-21(26-31-20)32(2,28)29/h3-10H,12H2,1-2H3,(H,24,25,26,27). The number of ether oxygens (including phenoxy) is 1. The summed E-state index contributed by atoms with van der Waals surface area (Å²) in [5.41, 5.74) is 2.43. The Balaban J connectivity index is 1.71. The zero-order chi connectivity index (χ0) is 23.3. The normalized spacial score (nSPS) is 11.6. The molecule has 0 radical (unpaired) electrons. The van der Waals surface area contributed by atoms with Crippen molar-refractivity contribution in [3.63, 3.8) is 0 Å². The lowest BCUT2D eigenvalue weighted by Crippen LogP contribution is -2.13. The molecule has 0 aliphatic rings. The first kappa shape index (κ1) is 23.4. The lowest BCUT2D eigenvalue weighted by atomic mass is 10.1. The highest BCUT2D eigenvalue weighted by Gasteiger charge is 2.17. The third-order valence-corrected chi connectivity index (χ3v) is 5.96. The summed E-state index contributed by atoms with van der Waals surface area (Å²) in [6.45, 7) is 2.34. The molecule has 0 fully saturated rings. The van der Waals surface area contributed by atoms with Crippen LogP contribution in [0.5, 0.6) is 5.75 Å². The summed E-state index contributed by atoms with van der Waals surface area (Å²) in [6.07, 6.45) is 2.31. The van der Waals surface area contributed by atoms with Crippen LogP contribution in [-0.4, -0.2) is 29.9 Å². The summed E-state index contributed by atoms with van der Waals surface area (Å²) in [5.74, 6) is -0.282. The van der Waals surface area contributed by atoms with E-state index in [1.165, 1.54) is 6.08 Å². The van der Waals surface area contributed by atoms with Crippen LogP contribution in [0.3, 0.4) is 0 Å². The van der Waals surface area contributed by atoms with Crippen molar-refractivity contribution >= 4 is 50.1 Å². The summed E-state index contributed by atoms with van der Waals surface area (Å²) in [4.78, 5) is 16.1. The first-order chi connectivity index (χ1) is 15.2. The SMILES string of the molecule is Cc1cccc(COc2ccc(C=C(C#N)C(=O)Nc3nc(S(C)(=O)=O)ns3)cc2Cl)c1. The van der Waals surface area contributed by atoms with Crippen LogP contribution in [0.1, 0.15) is 16.7 Å². The number of carbonyl (C=O) groups is 1. The van der Waals surface area contributed by atoms with Crippen LogP contribution in [0.2, 0.25) is 5.02 Å². The second-order valence-corrected chi connectivity index (χ2v) is 9.81. The molecule has 164 valence electrons. The Bertz CT molecular complexity index is 1340. The zero-order valence-corrected chi connectivity index (χ0v) is 19.4. The number of nitriles is 1. The molecular weight excluding hydrogens is 472 g/mol. The average molecular weight is 489 g/mol. The molecule has 3 rings (SSSR count). The fourth-order valence-corrected chi connectivity index (χ4v) is 4.26. The minimum atomic E-state index is -3.60. The zero-order valence-electron chi connectivity index (χ0n) is 17.0. The molecule has 11 heteroatoms. The summed E-state index contributed by atoms with van der Waals surface area (Å²) in [7, 11) is -3.60. The number of anilines is 1. The highest BCUT2D eigenvalue weighted by molar-refractivity contribution is 7.90. The smallest absolute Gasteiger partial charge is 0.268 e. The highest BCUT2D eigenvalue weighted by atomic mass is 35.5. The van der Waals surface area contributed by atoms with E-state index in [-0.39, 0.29) is 10.7 Å². The van der Waals surface area contributed by atoms with Crippen molar-refractivity contribution in [1.82, 2.24) is 9.36 Å². The summed E-state index contributed by atoms with van der Waals surface area (Å²) < 4.78 is 32.3. The molecule has 3 aromatic rings. The van der Waals surface area contributed by atoms with Crippen molar-refractivity contribution in [1.29, 1.82) is 5.26 Å². The van der Waals surface area contributed by atoms with Crippen LogP contribution in [0.15, 0.2) is 53.2 Å². The summed E-state index contributed by atoms with van der Waals surface area (Å²) in [6, 6.07) is 14.6.